The van der Waals surface area contributed by atoms with Crippen LogP contribution in [0.25, 0.3) is 0 Å². The molecule has 2 unspecified atom stereocenters. The Hall–Kier alpha value is -2.62. The molecule has 2 aliphatic rings. The fraction of sp³-hybridized carbons (Fsp3) is 0.391. The quantitative estimate of drug-likeness (QED) is 0.751. The highest BCUT2D eigenvalue weighted by Crippen LogP contribution is 2.54. The number of hydrogen-bond acceptors (Lipinski definition) is 4. The summed E-state index contributed by atoms with van der Waals surface area (Å²) in [5, 5.41) is 0. The van der Waals surface area contributed by atoms with E-state index in [4.69, 9.17) is 9.47 Å². The molecule has 140 valence electrons. The second kappa shape index (κ2) is 7.18. The molecular weight excluding hydrogens is 340 g/mol. The number of ether oxygens (including phenoxy) is 2. The van der Waals surface area contributed by atoms with Gasteiger partial charge in [-0.2, -0.15) is 0 Å². The molecule has 0 heterocycles. The molecule has 0 amide bonds. The number of rotatable bonds is 4. The van der Waals surface area contributed by atoms with E-state index in [0.29, 0.717) is 22.6 Å². The highest BCUT2D eigenvalue weighted by Gasteiger charge is 2.38. The summed E-state index contributed by atoms with van der Waals surface area (Å²) >= 11 is 0. The topological polar surface area (TPSA) is 52.6 Å². The van der Waals surface area contributed by atoms with E-state index in [0.717, 1.165) is 55.8 Å². The Morgan fingerprint density at radius 3 is 1.56 bits per heavy atom. The van der Waals surface area contributed by atoms with Crippen molar-refractivity contribution >= 4 is 12.6 Å². The molecule has 1 fully saturated rings. The van der Waals surface area contributed by atoms with Gasteiger partial charge >= 0.3 is 0 Å². The lowest BCUT2D eigenvalue weighted by Crippen LogP contribution is -2.24. The minimum atomic E-state index is 0.264. The molecule has 0 spiro atoms. The minimum absolute atomic E-state index is 0.264. The summed E-state index contributed by atoms with van der Waals surface area (Å²) in [7, 11) is 3.26. The Kier molecular flexibility index (Phi) is 4.73. The summed E-state index contributed by atoms with van der Waals surface area (Å²) in [5.41, 5.74) is 5.82. The van der Waals surface area contributed by atoms with Gasteiger partial charge in [-0.25, -0.2) is 0 Å². The summed E-state index contributed by atoms with van der Waals surface area (Å²) < 4.78 is 11.3. The van der Waals surface area contributed by atoms with Gasteiger partial charge in [-0.15, -0.1) is 0 Å². The first-order chi connectivity index (χ1) is 13.2. The Bertz CT molecular complexity index is 826. The van der Waals surface area contributed by atoms with E-state index in [2.05, 4.69) is 12.1 Å². The zero-order valence-corrected chi connectivity index (χ0v) is 15.8. The van der Waals surface area contributed by atoms with Gasteiger partial charge in [0.2, 0.25) is 0 Å². The third-order valence-electron chi connectivity index (χ3n) is 6.08. The lowest BCUT2D eigenvalue weighted by Gasteiger charge is -2.39. The summed E-state index contributed by atoms with van der Waals surface area (Å²) in [6.45, 7) is 0. The Balaban J connectivity index is 1.91. The van der Waals surface area contributed by atoms with Crippen molar-refractivity contribution in [3.63, 3.8) is 0 Å². The normalized spacial score (nSPS) is 20.5. The van der Waals surface area contributed by atoms with Gasteiger partial charge < -0.3 is 9.47 Å². The van der Waals surface area contributed by atoms with E-state index in [9.17, 15) is 9.59 Å². The van der Waals surface area contributed by atoms with Gasteiger partial charge in [0.05, 0.1) is 25.3 Å². The van der Waals surface area contributed by atoms with E-state index in [1.807, 2.05) is 12.1 Å². The smallest absolute Gasteiger partial charge is 0.153 e. The maximum absolute atomic E-state index is 11.7. The van der Waals surface area contributed by atoms with Crippen LogP contribution in [0.15, 0.2) is 24.3 Å². The van der Waals surface area contributed by atoms with E-state index in [1.165, 1.54) is 11.1 Å². The van der Waals surface area contributed by atoms with Crippen molar-refractivity contribution in [1.29, 1.82) is 0 Å². The largest absolute Gasteiger partial charge is 0.496 e. The van der Waals surface area contributed by atoms with Gasteiger partial charge in [0, 0.05) is 0 Å². The molecule has 2 atom stereocenters. The Morgan fingerprint density at radius 1 is 0.778 bits per heavy atom. The van der Waals surface area contributed by atoms with Crippen molar-refractivity contribution in [2.45, 2.75) is 43.9 Å². The van der Waals surface area contributed by atoms with Crippen LogP contribution in [-0.2, 0) is 12.8 Å². The molecule has 27 heavy (non-hydrogen) atoms. The van der Waals surface area contributed by atoms with Crippen LogP contribution >= 0.6 is 0 Å². The fourth-order valence-electron chi connectivity index (χ4n) is 4.70. The molecule has 4 nitrogen and oxygen atoms in total. The molecule has 2 aliphatic carbocycles. The van der Waals surface area contributed by atoms with Gasteiger partial charge in [-0.3, -0.25) is 9.59 Å². The number of carbonyl (C=O) groups is 2. The number of aryl methyl sites for hydroxylation is 2. The standard InChI is InChI=1S/C23H24O4/c1-26-22-16(12-24)8-14-4-3-5-15-9-17(13-25)23(27-2)21(11-15)19-7-6-18(19)20(22)10-14/h8-13,18-19H,3-7H2,1-2H3. The van der Waals surface area contributed by atoms with Crippen molar-refractivity contribution in [3.8, 4) is 11.5 Å². The molecule has 2 aromatic rings. The van der Waals surface area contributed by atoms with E-state index in [-0.39, 0.29) is 11.8 Å². The number of methoxy groups -OCH3 is 2. The number of benzene rings is 2. The van der Waals surface area contributed by atoms with Crippen LogP contribution in [0.4, 0.5) is 0 Å². The highest BCUT2D eigenvalue weighted by atomic mass is 16.5. The first-order valence-corrected chi connectivity index (χ1v) is 9.52. The predicted molar refractivity (Wildman–Crippen MR) is 104 cm³/mol. The van der Waals surface area contributed by atoms with Crippen molar-refractivity contribution in [2.75, 3.05) is 14.2 Å². The number of carbonyl (C=O) groups excluding carboxylic acids is 2. The Morgan fingerprint density at radius 2 is 1.22 bits per heavy atom. The Labute approximate surface area is 159 Å². The van der Waals surface area contributed by atoms with Gasteiger partial charge in [0.15, 0.2) is 12.6 Å². The maximum Gasteiger partial charge on any atom is 0.153 e. The van der Waals surface area contributed by atoms with E-state index >= 15 is 0 Å². The monoisotopic (exact) mass is 364 g/mol. The summed E-state index contributed by atoms with van der Waals surface area (Å²) in [6, 6.07) is 8.33. The van der Waals surface area contributed by atoms with Crippen molar-refractivity contribution < 1.29 is 19.1 Å². The molecule has 4 bridgehead atoms. The summed E-state index contributed by atoms with van der Waals surface area (Å²) in [6.07, 6.45) is 6.61. The maximum atomic E-state index is 11.7. The predicted octanol–water partition coefficient (Wildman–Crippen LogP) is 4.48. The molecule has 0 aromatic heterocycles. The lowest BCUT2D eigenvalue weighted by molar-refractivity contribution is 0.111. The van der Waals surface area contributed by atoms with Crippen molar-refractivity contribution in [2.24, 2.45) is 0 Å². The highest BCUT2D eigenvalue weighted by molar-refractivity contribution is 5.82. The lowest BCUT2D eigenvalue weighted by atomic mass is 9.65. The van der Waals surface area contributed by atoms with Crippen LogP contribution in [0, 0.1) is 0 Å². The molecule has 0 saturated heterocycles. The third kappa shape index (κ3) is 2.93. The van der Waals surface area contributed by atoms with Gasteiger partial charge in [-0.1, -0.05) is 12.1 Å². The van der Waals surface area contributed by atoms with Crippen molar-refractivity contribution in [1.82, 2.24) is 0 Å². The molecule has 1 saturated carbocycles. The molecule has 4 heteroatoms. The fourth-order valence-corrected chi connectivity index (χ4v) is 4.70. The van der Waals surface area contributed by atoms with Gasteiger partial charge in [0.25, 0.3) is 0 Å². The molecule has 0 aliphatic heterocycles. The zero-order chi connectivity index (χ0) is 19.0. The zero-order valence-electron chi connectivity index (χ0n) is 15.8. The average Bonchev–Trinajstić information content (AvgIpc) is 2.66. The van der Waals surface area contributed by atoms with E-state index in [1.54, 1.807) is 14.2 Å². The molecular formula is C23H24O4. The van der Waals surface area contributed by atoms with E-state index < -0.39 is 0 Å². The van der Waals surface area contributed by atoms with Crippen LogP contribution in [0.5, 0.6) is 11.5 Å². The third-order valence-corrected chi connectivity index (χ3v) is 6.08. The van der Waals surface area contributed by atoms with Crippen LogP contribution in [0.3, 0.4) is 0 Å². The van der Waals surface area contributed by atoms with Gasteiger partial charge in [-0.05, 0) is 78.3 Å². The van der Waals surface area contributed by atoms with Crippen molar-refractivity contribution in [3.05, 3.63) is 57.6 Å². The molecule has 0 N–H and O–H groups in total. The van der Waals surface area contributed by atoms with Gasteiger partial charge in [0.1, 0.15) is 11.5 Å². The SMILES string of the molecule is COc1c(C=O)cc2cc1C1CCC1c1cc(cc(C=O)c1OC)CCC2. The minimum Gasteiger partial charge on any atom is -0.496 e. The second-order valence-corrected chi connectivity index (χ2v) is 7.49. The second-order valence-electron chi connectivity index (χ2n) is 7.49. The first kappa shape index (κ1) is 17.8. The van der Waals surface area contributed by atoms with Crippen LogP contribution in [-0.4, -0.2) is 26.8 Å². The first-order valence-electron chi connectivity index (χ1n) is 9.52. The summed E-state index contributed by atoms with van der Waals surface area (Å²) in [5.74, 6) is 1.91. The number of hydrogen-bond donors (Lipinski definition) is 0. The molecule has 0 radical (unpaired) electrons. The average molecular weight is 364 g/mol. The van der Waals surface area contributed by atoms with Crippen LogP contribution in [0.1, 0.15) is 74.1 Å². The van der Waals surface area contributed by atoms with Crippen LogP contribution < -0.4 is 9.47 Å². The summed E-state index contributed by atoms with van der Waals surface area (Å²) in [4.78, 5) is 23.3. The van der Waals surface area contributed by atoms with Crippen LogP contribution in [0.2, 0.25) is 0 Å². The number of aldehydes is 2. The molecule has 2 aromatic carbocycles. The number of fused-ring (bicyclic) bond motifs is 7. The molecule has 4 rings (SSSR count).